The van der Waals surface area contributed by atoms with Crippen LogP contribution in [0.3, 0.4) is 0 Å². The van der Waals surface area contributed by atoms with E-state index in [-0.39, 0.29) is 0 Å². The van der Waals surface area contributed by atoms with Gasteiger partial charge in [0, 0.05) is 11.6 Å². The molecular formula is C16H18Cl2O2. The van der Waals surface area contributed by atoms with Gasteiger partial charge in [0.1, 0.15) is 5.75 Å². The lowest BCUT2D eigenvalue weighted by Crippen LogP contribution is -2.09. The molecule has 3 aliphatic rings. The molecule has 1 N–H and O–H groups in total. The molecule has 2 bridgehead atoms. The maximum Gasteiger partial charge on any atom is 0.138 e. The molecule has 2 nitrogen and oxygen atoms in total. The fourth-order valence-corrected chi connectivity index (χ4v) is 5.46. The van der Waals surface area contributed by atoms with Crippen LogP contribution in [0.4, 0.5) is 0 Å². The highest BCUT2D eigenvalue weighted by molar-refractivity contribution is 6.34. The van der Waals surface area contributed by atoms with Crippen LogP contribution in [-0.4, -0.2) is 12.2 Å². The standard InChI is InChI=1S/C16H18Cl2O2/c1-20-12-6-10(17)9(5-11(12)18)16(19)15-13-7-2-3-8(4-7)14(13)15/h5-8,13-16,19H,2-4H2,1H3. The van der Waals surface area contributed by atoms with Crippen LogP contribution in [0.25, 0.3) is 0 Å². The van der Waals surface area contributed by atoms with Gasteiger partial charge >= 0.3 is 0 Å². The maximum absolute atomic E-state index is 10.7. The minimum absolute atomic E-state index is 0.392. The number of hydrogen-bond acceptors (Lipinski definition) is 2. The molecule has 0 aliphatic heterocycles. The molecule has 1 aromatic carbocycles. The van der Waals surface area contributed by atoms with E-state index in [0.29, 0.717) is 21.7 Å². The largest absolute Gasteiger partial charge is 0.495 e. The first-order valence-electron chi connectivity index (χ1n) is 7.32. The van der Waals surface area contributed by atoms with Crippen molar-refractivity contribution >= 4 is 23.2 Å². The Morgan fingerprint density at radius 3 is 2.40 bits per heavy atom. The van der Waals surface area contributed by atoms with Crippen molar-refractivity contribution in [1.82, 2.24) is 0 Å². The number of benzene rings is 1. The van der Waals surface area contributed by atoms with E-state index in [2.05, 4.69) is 0 Å². The van der Waals surface area contributed by atoms with Crippen molar-refractivity contribution in [2.75, 3.05) is 7.11 Å². The molecule has 0 radical (unpaired) electrons. The molecular weight excluding hydrogens is 295 g/mol. The molecule has 1 aromatic rings. The molecule has 0 amide bonds. The smallest absolute Gasteiger partial charge is 0.138 e. The van der Waals surface area contributed by atoms with Crippen LogP contribution in [0.2, 0.25) is 10.0 Å². The zero-order valence-corrected chi connectivity index (χ0v) is 12.9. The zero-order chi connectivity index (χ0) is 14.0. The van der Waals surface area contributed by atoms with Crippen LogP contribution in [0.1, 0.15) is 30.9 Å². The summed E-state index contributed by atoms with van der Waals surface area (Å²) in [7, 11) is 1.57. The van der Waals surface area contributed by atoms with Gasteiger partial charge in [-0.1, -0.05) is 23.2 Å². The molecule has 0 heterocycles. The van der Waals surface area contributed by atoms with Crippen molar-refractivity contribution in [3.8, 4) is 5.75 Å². The second-order valence-corrected chi connectivity index (χ2v) is 7.33. The SMILES string of the molecule is COc1cc(Cl)c(C(O)C2C3C4CCC(C4)C32)cc1Cl. The van der Waals surface area contributed by atoms with Crippen molar-refractivity contribution in [2.24, 2.45) is 29.6 Å². The molecule has 0 aromatic heterocycles. The first-order chi connectivity index (χ1) is 9.61. The van der Waals surface area contributed by atoms with Gasteiger partial charge in [-0.3, -0.25) is 0 Å². The third-order valence-electron chi connectivity index (χ3n) is 5.75. The number of methoxy groups -OCH3 is 1. The van der Waals surface area contributed by atoms with Crippen LogP contribution in [0.15, 0.2) is 12.1 Å². The van der Waals surface area contributed by atoms with Crippen molar-refractivity contribution in [3.63, 3.8) is 0 Å². The monoisotopic (exact) mass is 312 g/mol. The molecule has 4 heteroatoms. The van der Waals surface area contributed by atoms with Crippen LogP contribution in [0, 0.1) is 29.6 Å². The van der Waals surface area contributed by atoms with Gasteiger partial charge in [-0.25, -0.2) is 0 Å². The Hall–Kier alpha value is -0.440. The Labute approximate surface area is 129 Å². The highest BCUT2D eigenvalue weighted by atomic mass is 35.5. The van der Waals surface area contributed by atoms with E-state index in [1.165, 1.54) is 19.3 Å². The third kappa shape index (κ3) is 1.74. The zero-order valence-electron chi connectivity index (χ0n) is 11.4. The lowest BCUT2D eigenvalue weighted by atomic mass is 9.95. The molecule has 3 saturated carbocycles. The fourth-order valence-electron chi connectivity index (χ4n) is 4.95. The summed E-state index contributed by atoms with van der Waals surface area (Å²) in [5.41, 5.74) is 0.760. The molecule has 3 aliphatic carbocycles. The van der Waals surface area contributed by atoms with Crippen LogP contribution in [0.5, 0.6) is 5.75 Å². The maximum atomic E-state index is 10.7. The fraction of sp³-hybridized carbons (Fsp3) is 0.625. The van der Waals surface area contributed by atoms with E-state index in [9.17, 15) is 5.11 Å². The summed E-state index contributed by atoms with van der Waals surface area (Å²) in [5, 5.41) is 11.8. The average molecular weight is 313 g/mol. The van der Waals surface area contributed by atoms with E-state index in [1.807, 2.05) is 0 Å². The number of ether oxygens (including phenoxy) is 1. The van der Waals surface area contributed by atoms with Gasteiger partial charge in [0.2, 0.25) is 0 Å². The van der Waals surface area contributed by atoms with Gasteiger partial charge in [-0.2, -0.15) is 0 Å². The summed E-state index contributed by atoms with van der Waals surface area (Å²) >= 11 is 12.5. The van der Waals surface area contributed by atoms with Crippen molar-refractivity contribution in [1.29, 1.82) is 0 Å². The Balaban J connectivity index is 1.61. The topological polar surface area (TPSA) is 29.5 Å². The number of aliphatic hydroxyl groups is 1. The highest BCUT2D eigenvalue weighted by Gasteiger charge is 2.66. The second-order valence-electron chi connectivity index (χ2n) is 6.52. The van der Waals surface area contributed by atoms with Crippen molar-refractivity contribution in [2.45, 2.75) is 25.4 Å². The second kappa shape index (κ2) is 4.53. The molecule has 0 spiro atoms. The Morgan fingerprint density at radius 2 is 1.80 bits per heavy atom. The number of halogens is 2. The van der Waals surface area contributed by atoms with Gasteiger partial charge in [0.25, 0.3) is 0 Å². The number of hydrogen-bond donors (Lipinski definition) is 1. The van der Waals surface area contributed by atoms with Gasteiger partial charge in [-0.15, -0.1) is 0 Å². The first-order valence-corrected chi connectivity index (χ1v) is 8.08. The molecule has 0 saturated heterocycles. The number of aliphatic hydroxyl groups excluding tert-OH is 1. The molecule has 5 atom stereocenters. The van der Waals surface area contributed by atoms with Gasteiger partial charge < -0.3 is 9.84 Å². The van der Waals surface area contributed by atoms with Crippen molar-refractivity contribution in [3.05, 3.63) is 27.7 Å². The van der Waals surface area contributed by atoms with Crippen LogP contribution < -0.4 is 4.74 Å². The van der Waals surface area contributed by atoms with E-state index >= 15 is 0 Å². The Bertz CT molecular complexity index is 544. The van der Waals surface area contributed by atoms with E-state index in [0.717, 1.165) is 29.2 Å². The quantitative estimate of drug-likeness (QED) is 0.900. The van der Waals surface area contributed by atoms with Crippen LogP contribution in [-0.2, 0) is 0 Å². The molecule has 4 rings (SSSR count). The molecule has 20 heavy (non-hydrogen) atoms. The number of fused-ring (bicyclic) bond motifs is 5. The van der Waals surface area contributed by atoms with Gasteiger partial charge in [-0.05, 0) is 54.9 Å². The summed E-state index contributed by atoms with van der Waals surface area (Å²) in [6.07, 6.45) is 3.61. The van der Waals surface area contributed by atoms with E-state index < -0.39 is 6.10 Å². The van der Waals surface area contributed by atoms with E-state index in [1.54, 1.807) is 19.2 Å². The lowest BCUT2D eigenvalue weighted by molar-refractivity contribution is 0.130. The molecule has 3 fully saturated rings. The average Bonchev–Trinajstić information content (AvgIpc) is 2.88. The number of rotatable bonds is 3. The minimum atomic E-state index is -0.482. The third-order valence-corrected chi connectivity index (χ3v) is 6.37. The Kier molecular flexibility index (Phi) is 3.00. The first kappa shape index (κ1) is 13.2. The lowest BCUT2D eigenvalue weighted by Gasteiger charge is -2.18. The predicted molar refractivity (Wildman–Crippen MR) is 79.3 cm³/mol. The summed E-state index contributed by atoms with van der Waals surface area (Å²) in [4.78, 5) is 0. The van der Waals surface area contributed by atoms with Crippen LogP contribution >= 0.6 is 23.2 Å². The van der Waals surface area contributed by atoms with E-state index in [4.69, 9.17) is 27.9 Å². The molecule has 5 unspecified atom stereocenters. The summed E-state index contributed by atoms with van der Waals surface area (Å²) in [5.74, 6) is 4.09. The summed E-state index contributed by atoms with van der Waals surface area (Å²) < 4.78 is 5.16. The normalized spacial score (nSPS) is 38.7. The summed E-state index contributed by atoms with van der Waals surface area (Å²) in [6.45, 7) is 0. The minimum Gasteiger partial charge on any atom is -0.495 e. The van der Waals surface area contributed by atoms with Gasteiger partial charge in [0.15, 0.2) is 0 Å². The van der Waals surface area contributed by atoms with Crippen molar-refractivity contribution < 1.29 is 9.84 Å². The summed E-state index contributed by atoms with van der Waals surface area (Å²) in [6, 6.07) is 3.47. The Morgan fingerprint density at radius 1 is 1.15 bits per heavy atom. The predicted octanol–water partition coefficient (Wildman–Crippen LogP) is 4.33. The van der Waals surface area contributed by atoms with Gasteiger partial charge in [0.05, 0.1) is 23.3 Å². The molecule has 108 valence electrons. The highest BCUT2D eigenvalue weighted by Crippen LogP contribution is 2.72.